The molecule has 1 N–H and O–H groups in total. The number of hydrogen-bond acceptors (Lipinski definition) is 5. The molecule has 0 radical (unpaired) electrons. The molecule has 0 fully saturated rings. The summed E-state index contributed by atoms with van der Waals surface area (Å²) in [5.74, 6) is 1.32. The van der Waals surface area contributed by atoms with E-state index < -0.39 is 11.7 Å². The molecule has 0 saturated heterocycles. The van der Waals surface area contributed by atoms with Gasteiger partial charge in [0.2, 0.25) is 0 Å². The molecule has 166 valence electrons. The lowest BCUT2D eigenvalue weighted by Gasteiger charge is -2.14. The van der Waals surface area contributed by atoms with Crippen molar-refractivity contribution in [2.24, 2.45) is 0 Å². The van der Waals surface area contributed by atoms with Gasteiger partial charge in [0.1, 0.15) is 11.5 Å². The van der Waals surface area contributed by atoms with Crippen LogP contribution >= 0.6 is 11.3 Å². The molecular weight excluding hydrogens is 437 g/mol. The number of pyridine rings is 1. The Bertz CT molecular complexity index is 1210. The third-order valence-electron chi connectivity index (χ3n) is 5.12. The fourth-order valence-corrected chi connectivity index (χ4v) is 4.12. The molecule has 0 aliphatic rings. The SMILES string of the molecule is COc1cc(OC)c2cc(CNCc3ccc(C(F)(F)F)cc3)c(-c3ccsc3)nc2c1. The van der Waals surface area contributed by atoms with Crippen LogP contribution in [-0.2, 0) is 19.3 Å². The van der Waals surface area contributed by atoms with Gasteiger partial charge in [-0.3, -0.25) is 0 Å². The van der Waals surface area contributed by atoms with Gasteiger partial charge in [-0.25, -0.2) is 4.98 Å². The van der Waals surface area contributed by atoms with Crippen molar-refractivity contribution in [1.82, 2.24) is 10.3 Å². The molecule has 0 spiro atoms. The van der Waals surface area contributed by atoms with Crippen molar-refractivity contribution in [2.75, 3.05) is 14.2 Å². The third kappa shape index (κ3) is 4.71. The lowest BCUT2D eigenvalue weighted by atomic mass is 10.0. The fourth-order valence-electron chi connectivity index (χ4n) is 3.48. The highest BCUT2D eigenvalue weighted by Crippen LogP contribution is 2.35. The zero-order valence-corrected chi connectivity index (χ0v) is 18.3. The van der Waals surface area contributed by atoms with Crippen LogP contribution < -0.4 is 14.8 Å². The van der Waals surface area contributed by atoms with Crippen molar-refractivity contribution in [3.05, 3.63) is 76.0 Å². The zero-order valence-electron chi connectivity index (χ0n) is 17.5. The summed E-state index contributed by atoms with van der Waals surface area (Å²) in [4.78, 5) is 4.88. The van der Waals surface area contributed by atoms with Crippen LogP contribution in [0.1, 0.15) is 16.7 Å². The molecule has 4 aromatic rings. The Kier molecular flexibility index (Phi) is 6.34. The van der Waals surface area contributed by atoms with Crippen LogP contribution in [0.25, 0.3) is 22.2 Å². The first-order chi connectivity index (χ1) is 15.4. The van der Waals surface area contributed by atoms with Gasteiger partial charge in [0.15, 0.2) is 0 Å². The molecule has 0 aliphatic carbocycles. The quantitative estimate of drug-likeness (QED) is 0.354. The summed E-state index contributed by atoms with van der Waals surface area (Å²) >= 11 is 1.59. The molecule has 0 atom stereocenters. The van der Waals surface area contributed by atoms with E-state index in [1.54, 1.807) is 25.6 Å². The number of aromatic nitrogens is 1. The predicted molar refractivity (Wildman–Crippen MR) is 120 cm³/mol. The first-order valence-electron chi connectivity index (χ1n) is 9.84. The van der Waals surface area contributed by atoms with Crippen LogP contribution in [0, 0.1) is 0 Å². The van der Waals surface area contributed by atoms with Crippen LogP contribution in [0.2, 0.25) is 0 Å². The number of methoxy groups -OCH3 is 2. The van der Waals surface area contributed by atoms with Crippen LogP contribution in [-0.4, -0.2) is 19.2 Å². The largest absolute Gasteiger partial charge is 0.497 e. The number of alkyl halides is 3. The zero-order chi connectivity index (χ0) is 22.7. The standard InChI is InChI=1S/C24H21F3N2O2S/c1-30-19-10-21-20(22(11-19)31-2)9-17(23(29-21)16-7-8-32-14-16)13-28-12-15-3-5-18(6-4-15)24(25,26)27/h3-11,14,28H,12-13H2,1-2H3. The lowest BCUT2D eigenvalue weighted by molar-refractivity contribution is -0.137. The Balaban J connectivity index is 1.62. The highest BCUT2D eigenvalue weighted by atomic mass is 32.1. The lowest BCUT2D eigenvalue weighted by Crippen LogP contribution is -2.14. The predicted octanol–water partition coefficient (Wildman–Crippen LogP) is 6.29. The van der Waals surface area contributed by atoms with Gasteiger partial charge in [0.05, 0.1) is 31.0 Å². The minimum absolute atomic E-state index is 0.430. The van der Waals surface area contributed by atoms with Gasteiger partial charge >= 0.3 is 6.18 Å². The Morgan fingerprint density at radius 2 is 1.75 bits per heavy atom. The van der Waals surface area contributed by atoms with Crippen molar-refractivity contribution in [3.63, 3.8) is 0 Å². The second-order valence-corrected chi connectivity index (χ2v) is 7.98. The number of rotatable bonds is 7. The van der Waals surface area contributed by atoms with Crippen LogP contribution in [0.4, 0.5) is 13.2 Å². The van der Waals surface area contributed by atoms with Crippen molar-refractivity contribution in [1.29, 1.82) is 0 Å². The normalized spacial score (nSPS) is 11.7. The number of fused-ring (bicyclic) bond motifs is 1. The highest BCUT2D eigenvalue weighted by molar-refractivity contribution is 7.08. The van der Waals surface area contributed by atoms with E-state index in [4.69, 9.17) is 14.5 Å². The number of nitrogens with zero attached hydrogens (tertiary/aromatic N) is 1. The minimum atomic E-state index is -4.33. The van der Waals surface area contributed by atoms with E-state index in [1.165, 1.54) is 12.1 Å². The van der Waals surface area contributed by atoms with Crippen molar-refractivity contribution in [2.45, 2.75) is 19.3 Å². The van der Waals surface area contributed by atoms with Gasteiger partial charge in [-0.2, -0.15) is 24.5 Å². The molecule has 8 heteroatoms. The van der Waals surface area contributed by atoms with E-state index in [0.29, 0.717) is 24.6 Å². The maximum Gasteiger partial charge on any atom is 0.416 e. The summed E-state index contributed by atoms with van der Waals surface area (Å²) in [6.07, 6.45) is -4.33. The van der Waals surface area contributed by atoms with Gasteiger partial charge < -0.3 is 14.8 Å². The van der Waals surface area contributed by atoms with E-state index >= 15 is 0 Å². The van der Waals surface area contributed by atoms with Gasteiger partial charge in [0, 0.05) is 41.6 Å². The molecule has 0 bridgehead atoms. The monoisotopic (exact) mass is 458 g/mol. The second-order valence-electron chi connectivity index (χ2n) is 7.20. The first kappa shape index (κ1) is 22.1. The van der Waals surface area contributed by atoms with E-state index in [-0.39, 0.29) is 0 Å². The summed E-state index contributed by atoms with van der Waals surface area (Å²) in [6.45, 7) is 0.920. The molecule has 4 rings (SSSR count). The topological polar surface area (TPSA) is 43.4 Å². The van der Waals surface area contributed by atoms with Crippen LogP contribution in [0.15, 0.2) is 59.3 Å². The molecule has 32 heavy (non-hydrogen) atoms. The maximum absolute atomic E-state index is 12.8. The second kappa shape index (κ2) is 9.18. The molecule has 0 unspecified atom stereocenters. The molecule has 2 aromatic carbocycles. The average molecular weight is 459 g/mol. The van der Waals surface area contributed by atoms with Crippen LogP contribution in [0.3, 0.4) is 0 Å². The number of halogens is 3. The van der Waals surface area contributed by atoms with Gasteiger partial charge in [-0.1, -0.05) is 12.1 Å². The molecule has 2 aromatic heterocycles. The number of nitrogens with one attached hydrogen (secondary N) is 1. The summed E-state index contributed by atoms with van der Waals surface area (Å²) in [6, 6.07) is 12.9. The highest BCUT2D eigenvalue weighted by Gasteiger charge is 2.29. The fraction of sp³-hybridized carbons (Fsp3) is 0.208. The summed E-state index contributed by atoms with van der Waals surface area (Å²) in [7, 11) is 3.20. The Labute approximate surface area is 187 Å². The van der Waals surface area contributed by atoms with E-state index in [2.05, 4.69) is 5.32 Å². The van der Waals surface area contributed by atoms with Gasteiger partial charge in [-0.15, -0.1) is 0 Å². The molecule has 4 nitrogen and oxygen atoms in total. The number of ether oxygens (including phenoxy) is 2. The maximum atomic E-state index is 12.8. The van der Waals surface area contributed by atoms with Gasteiger partial charge in [-0.05, 0) is 40.8 Å². The Morgan fingerprint density at radius 1 is 0.969 bits per heavy atom. The van der Waals surface area contributed by atoms with Crippen LogP contribution in [0.5, 0.6) is 11.5 Å². The summed E-state index contributed by atoms with van der Waals surface area (Å²) in [5, 5.41) is 8.21. The van der Waals surface area contributed by atoms with E-state index in [9.17, 15) is 13.2 Å². The first-order valence-corrected chi connectivity index (χ1v) is 10.8. The Morgan fingerprint density at radius 3 is 2.38 bits per heavy atom. The molecule has 2 heterocycles. The summed E-state index contributed by atoms with van der Waals surface area (Å²) in [5.41, 5.74) is 3.69. The van der Waals surface area contributed by atoms with Crippen molar-refractivity contribution >= 4 is 22.2 Å². The number of benzene rings is 2. The third-order valence-corrected chi connectivity index (χ3v) is 5.81. The van der Waals surface area contributed by atoms with Crippen molar-refractivity contribution < 1.29 is 22.6 Å². The van der Waals surface area contributed by atoms with E-state index in [0.717, 1.165) is 45.4 Å². The molecule has 0 aliphatic heterocycles. The summed E-state index contributed by atoms with van der Waals surface area (Å²) < 4.78 is 49.2. The number of thiophene rings is 1. The van der Waals surface area contributed by atoms with E-state index in [1.807, 2.05) is 35.0 Å². The molecular formula is C24H21F3N2O2S. The number of hydrogen-bond donors (Lipinski definition) is 1. The molecule has 0 saturated carbocycles. The Hall–Kier alpha value is -3.10. The van der Waals surface area contributed by atoms with Gasteiger partial charge in [0.25, 0.3) is 0 Å². The smallest absolute Gasteiger partial charge is 0.416 e. The van der Waals surface area contributed by atoms with Crippen molar-refractivity contribution in [3.8, 4) is 22.8 Å². The minimum Gasteiger partial charge on any atom is -0.497 e. The molecule has 0 amide bonds. The average Bonchev–Trinajstić information content (AvgIpc) is 3.32.